The summed E-state index contributed by atoms with van der Waals surface area (Å²) in [6, 6.07) is -1.56. The number of rotatable bonds is 11. The van der Waals surface area contributed by atoms with Gasteiger partial charge in [0.15, 0.2) is 0 Å². The molecule has 0 saturated heterocycles. The van der Waals surface area contributed by atoms with Crippen molar-refractivity contribution in [1.29, 1.82) is 0 Å². The summed E-state index contributed by atoms with van der Waals surface area (Å²) in [5, 5.41) is 9.42. The molecule has 0 spiro atoms. The maximum absolute atomic E-state index is 12.4. The fraction of sp³-hybridized carbons (Fsp3) is 0.556. The van der Waals surface area contributed by atoms with Gasteiger partial charge in [-0.3, -0.25) is 19.3 Å². The molecule has 7 heteroatoms. The number of esters is 1. The molecular formula is C18H27NO6. The van der Waals surface area contributed by atoms with E-state index in [1.54, 1.807) is 45.1 Å². The molecule has 0 heterocycles. The summed E-state index contributed by atoms with van der Waals surface area (Å²) in [7, 11) is 0. The molecule has 25 heavy (non-hydrogen) atoms. The van der Waals surface area contributed by atoms with Gasteiger partial charge in [-0.15, -0.1) is 0 Å². The second kappa shape index (κ2) is 12.9. The Labute approximate surface area is 148 Å². The average molecular weight is 353 g/mol. The predicted molar refractivity (Wildman–Crippen MR) is 92.6 cm³/mol. The van der Waals surface area contributed by atoms with Gasteiger partial charge >= 0.3 is 11.9 Å². The Morgan fingerprint density at radius 3 is 1.84 bits per heavy atom. The number of hydrogen-bond acceptors (Lipinski definition) is 5. The van der Waals surface area contributed by atoms with E-state index in [1.165, 1.54) is 0 Å². The topological polar surface area (TPSA) is 101 Å². The molecule has 0 rings (SSSR count). The van der Waals surface area contributed by atoms with Crippen molar-refractivity contribution in [3.63, 3.8) is 0 Å². The lowest BCUT2D eigenvalue weighted by molar-refractivity contribution is -0.161. The lowest BCUT2D eigenvalue weighted by atomic mass is 10.1. The molecule has 0 aromatic heterocycles. The van der Waals surface area contributed by atoms with Crippen molar-refractivity contribution in [2.75, 3.05) is 6.61 Å². The molecule has 7 nitrogen and oxygen atoms in total. The number of imide groups is 1. The number of nitrogens with zero attached hydrogens (tertiary/aromatic N) is 1. The van der Waals surface area contributed by atoms with Crippen LogP contribution in [-0.2, 0) is 23.9 Å². The van der Waals surface area contributed by atoms with E-state index in [2.05, 4.69) is 0 Å². The van der Waals surface area contributed by atoms with Gasteiger partial charge in [0.1, 0.15) is 6.04 Å². The van der Waals surface area contributed by atoms with Crippen LogP contribution in [0, 0.1) is 0 Å². The van der Waals surface area contributed by atoms with E-state index in [0.717, 1.165) is 0 Å². The van der Waals surface area contributed by atoms with Crippen LogP contribution in [0.1, 0.15) is 52.9 Å². The molecule has 140 valence electrons. The van der Waals surface area contributed by atoms with Crippen molar-refractivity contribution in [2.45, 2.75) is 58.9 Å². The first-order valence-corrected chi connectivity index (χ1v) is 8.34. The number of allylic oxidation sites excluding steroid dienone is 4. The summed E-state index contributed by atoms with van der Waals surface area (Å²) in [6.07, 6.45) is 7.23. The van der Waals surface area contributed by atoms with Crippen LogP contribution in [0.3, 0.4) is 0 Å². The number of carboxylic acid groups (broad SMARTS) is 1. The standard InChI is InChI=1S/C18H27NO6/c1-4-7-9-11-15(20)19(16(21)12-10-8-5-2)14(18(23)24)13-17(22)25-6-3/h4-5,7-8,14H,6,9-13H2,1-3H3,(H,23,24)/b7-4+,8-5+. The van der Waals surface area contributed by atoms with E-state index in [4.69, 9.17) is 4.74 Å². The summed E-state index contributed by atoms with van der Waals surface area (Å²) < 4.78 is 4.76. The van der Waals surface area contributed by atoms with E-state index >= 15 is 0 Å². The maximum Gasteiger partial charge on any atom is 0.327 e. The highest BCUT2D eigenvalue weighted by atomic mass is 16.5. The van der Waals surface area contributed by atoms with E-state index < -0.39 is 36.2 Å². The minimum absolute atomic E-state index is 0.00764. The number of aliphatic carboxylic acids is 1. The first-order chi connectivity index (χ1) is 11.9. The molecule has 0 fully saturated rings. The van der Waals surface area contributed by atoms with Gasteiger partial charge in [0.05, 0.1) is 13.0 Å². The van der Waals surface area contributed by atoms with Crippen LogP contribution in [0.5, 0.6) is 0 Å². The molecule has 0 aromatic carbocycles. The van der Waals surface area contributed by atoms with Gasteiger partial charge < -0.3 is 9.84 Å². The molecule has 0 aliphatic heterocycles. The fourth-order valence-corrected chi connectivity index (χ4v) is 2.14. The molecule has 0 radical (unpaired) electrons. The lowest BCUT2D eigenvalue weighted by Crippen LogP contribution is -2.49. The molecule has 0 aromatic rings. The Morgan fingerprint density at radius 1 is 1.00 bits per heavy atom. The van der Waals surface area contributed by atoms with Crippen molar-refractivity contribution in [3.8, 4) is 0 Å². The van der Waals surface area contributed by atoms with Crippen LogP contribution in [0.15, 0.2) is 24.3 Å². The minimum Gasteiger partial charge on any atom is -0.480 e. The van der Waals surface area contributed by atoms with E-state index in [0.29, 0.717) is 17.7 Å². The largest absolute Gasteiger partial charge is 0.480 e. The zero-order chi connectivity index (χ0) is 19.2. The highest BCUT2D eigenvalue weighted by Gasteiger charge is 2.35. The Hall–Kier alpha value is -2.44. The van der Waals surface area contributed by atoms with Gasteiger partial charge in [-0.05, 0) is 33.6 Å². The van der Waals surface area contributed by atoms with Crippen LogP contribution in [0.2, 0.25) is 0 Å². The van der Waals surface area contributed by atoms with Crippen molar-refractivity contribution < 1.29 is 29.0 Å². The highest BCUT2D eigenvalue weighted by molar-refractivity contribution is 6.00. The monoisotopic (exact) mass is 353 g/mol. The highest BCUT2D eigenvalue weighted by Crippen LogP contribution is 2.13. The van der Waals surface area contributed by atoms with E-state index in [9.17, 15) is 24.3 Å². The van der Waals surface area contributed by atoms with Crippen LogP contribution in [-0.4, -0.2) is 46.4 Å². The molecule has 0 aliphatic carbocycles. The number of hydrogen-bond donors (Lipinski definition) is 1. The van der Waals surface area contributed by atoms with Gasteiger partial charge in [0.2, 0.25) is 11.8 Å². The van der Waals surface area contributed by atoms with Gasteiger partial charge in [0, 0.05) is 12.8 Å². The van der Waals surface area contributed by atoms with E-state index in [-0.39, 0.29) is 19.4 Å². The zero-order valence-electron chi connectivity index (χ0n) is 15.1. The molecule has 1 atom stereocenters. The third-order valence-corrected chi connectivity index (χ3v) is 3.32. The van der Waals surface area contributed by atoms with Gasteiger partial charge in [-0.25, -0.2) is 4.79 Å². The second-order valence-corrected chi connectivity index (χ2v) is 5.24. The third kappa shape index (κ3) is 8.83. The number of carbonyl (C=O) groups excluding carboxylic acids is 3. The number of ether oxygens (including phenoxy) is 1. The number of amides is 2. The van der Waals surface area contributed by atoms with Crippen LogP contribution < -0.4 is 0 Å². The SMILES string of the molecule is C/C=C/CCC(=O)N(C(=O)CC/C=C/C)C(CC(=O)OCC)C(=O)O. The molecular weight excluding hydrogens is 326 g/mol. The Bertz CT molecular complexity index is 496. The first-order valence-electron chi connectivity index (χ1n) is 8.34. The van der Waals surface area contributed by atoms with Gasteiger partial charge in [0.25, 0.3) is 0 Å². The summed E-state index contributed by atoms with van der Waals surface area (Å²) in [5.74, 6) is -3.39. The van der Waals surface area contributed by atoms with Crippen molar-refractivity contribution >= 4 is 23.8 Å². The number of carbonyl (C=O) groups is 4. The van der Waals surface area contributed by atoms with E-state index in [1.807, 2.05) is 0 Å². The summed E-state index contributed by atoms with van der Waals surface area (Å²) >= 11 is 0. The molecule has 2 amide bonds. The molecule has 0 bridgehead atoms. The Balaban J connectivity index is 5.38. The predicted octanol–water partition coefficient (Wildman–Crippen LogP) is 2.46. The fourth-order valence-electron chi connectivity index (χ4n) is 2.14. The molecule has 1 N–H and O–H groups in total. The molecule has 1 unspecified atom stereocenters. The minimum atomic E-state index is -1.56. The summed E-state index contributed by atoms with van der Waals surface area (Å²) in [4.78, 5) is 48.8. The molecule has 0 aliphatic rings. The Kier molecular flexibility index (Phi) is 11.7. The Morgan fingerprint density at radius 2 is 1.48 bits per heavy atom. The quantitative estimate of drug-likeness (QED) is 0.452. The van der Waals surface area contributed by atoms with Gasteiger partial charge in [-0.2, -0.15) is 0 Å². The maximum atomic E-state index is 12.4. The van der Waals surface area contributed by atoms with Crippen molar-refractivity contribution in [3.05, 3.63) is 24.3 Å². The third-order valence-electron chi connectivity index (χ3n) is 3.32. The smallest absolute Gasteiger partial charge is 0.327 e. The average Bonchev–Trinajstić information content (AvgIpc) is 2.54. The normalized spacial score (nSPS) is 12.3. The number of carboxylic acids is 1. The lowest BCUT2D eigenvalue weighted by Gasteiger charge is -2.26. The molecule has 0 saturated carbocycles. The second-order valence-electron chi connectivity index (χ2n) is 5.24. The van der Waals surface area contributed by atoms with Crippen LogP contribution >= 0.6 is 0 Å². The van der Waals surface area contributed by atoms with Crippen LogP contribution in [0.4, 0.5) is 0 Å². The van der Waals surface area contributed by atoms with Crippen molar-refractivity contribution in [1.82, 2.24) is 4.90 Å². The first kappa shape index (κ1) is 22.6. The van der Waals surface area contributed by atoms with Crippen molar-refractivity contribution in [2.24, 2.45) is 0 Å². The summed E-state index contributed by atoms with van der Waals surface area (Å²) in [5.41, 5.74) is 0. The zero-order valence-corrected chi connectivity index (χ0v) is 15.1. The van der Waals surface area contributed by atoms with Crippen LogP contribution in [0.25, 0.3) is 0 Å². The van der Waals surface area contributed by atoms with Gasteiger partial charge in [-0.1, -0.05) is 24.3 Å². The summed E-state index contributed by atoms with van der Waals surface area (Å²) in [6.45, 7) is 5.28.